The second kappa shape index (κ2) is 2.37. The van der Waals surface area contributed by atoms with Crippen LogP contribution in [0.1, 0.15) is 0 Å². The number of hydrogen-bond acceptors (Lipinski definition) is 3. The van der Waals surface area contributed by atoms with Gasteiger partial charge in [-0.3, -0.25) is 9.89 Å². The summed E-state index contributed by atoms with van der Waals surface area (Å²) in [6.07, 6.45) is 1.54. The summed E-state index contributed by atoms with van der Waals surface area (Å²) in [4.78, 5) is 14.1. The molecule has 2 N–H and O–H groups in total. The van der Waals surface area contributed by atoms with Crippen molar-refractivity contribution in [3.8, 4) is 5.88 Å². The molecule has 5 heteroatoms. The van der Waals surface area contributed by atoms with Crippen LogP contribution in [0.25, 0.3) is 11.0 Å². The molecule has 0 bridgehead atoms. The van der Waals surface area contributed by atoms with Gasteiger partial charge in [0.25, 0.3) is 0 Å². The van der Waals surface area contributed by atoms with Crippen molar-refractivity contribution in [3.63, 3.8) is 0 Å². The van der Waals surface area contributed by atoms with Crippen molar-refractivity contribution in [2.45, 2.75) is 0 Å². The van der Waals surface area contributed by atoms with E-state index in [1.807, 2.05) is 0 Å². The molecule has 62 valence electrons. The summed E-state index contributed by atoms with van der Waals surface area (Å²) in [5.41, 5.74) is 0.994. The summed E-state index contributed by atoms with van der Waals surface area (Å²) in [5, 5.41) is 6.32. The molecule has 0 atom stereocenters. The lowest BCUT2D eigenvalue weighted by Gasteiger charge is -1.97. The molecule has 2 heterocycles. The number of hydrogen-bond donors (Lipinski definition) is 2. The zero-order valence-corrected chi connectivity index (χ0v) is 6.42. The van der Waals surface area contributed by atoms with Crippen LogP contribution in [0.5, 0.6) is 5.88 Å². The van der Waals surface area contributed by atoms with Gasteiger partial charge in [-0.05, 0) is 0 Å². The van der Waals surface area contributed by atoms with Crippen molar-refractivity contribution < 1.29 is 4.74 Å². The van der Waals surface area contributed by atoms with Gasteiger partial charge in [0.1, 0.15) is 5.52 Å². The molecule has 0 radical (unpaired) electrons. The number of aromatic amines is 2. The second-order valence-electron chi connectivity index (χ2n) is 2.36. The smallest absolute Gasteiger partial charge is 0.211 e. The van der Waals surface area contributed by atoms with E-state index in [2.05, 4.69) is 15.2 Å². The van der Waals surface area contributed by atoms with Gasteiger partial charge in [-0.1, -0.05) is 0 Å². The number of ether oxygens (including phenoxy) is 1. The largest absolute Gasteiger partial charge is 0.482 e. The van der Waals surface area contributed by atoms with E-state index >= 15 is 0 Å². The zero-order chi connectivity index (χ0) is 8.55. The molecular weight excluding hydrogens is 158 g/mol. The topological polar surface area (TPSA) is 70.8 Å². The Bertz CT molecular complexity index is 457. The highest BCUT2D eigenvalue weighted by atomic mass is 16.5. The molecule has 2 aromatic rings. The van der Waals surface area contributed by atoms with Crippen molar-refractivity contribution >= 4 is 11.0 Å². The Morgan fingerprint density at radius 1 is 1.58 bits per heavy atom. The van der Waals surface area contributed by atoms with Crippen LogP contribution in [0.2, 0.25) is 0 Å². The van der Waals surface area contributed by atoms with Gasteiger partial charge >= 0.3 is 0 Å². The van der Waals surface area contributed by atoms with Crippen molar-refractivity contribution in [3.05, 3.63) is 22.5 Å². The number of fused-ring (bicyclic) bond motifs is 1. The molecular formula is C7H7N3O2. The van der Waals surface area contributed by atoms with E-state index in [9.17, 15) is 4.79 Å². The first-order valence-electron chi connectivity index (χ1n) is 3.41. The maximum absolute atomic E-state index is 11.2. The van der Waals surface area contributed by atoms with Gasteiger partial charge in [-0.2, -0.15) is 5.10 Å². The van der Waals surface area contributed by atoms with Crippen molar-refractivity contribution in [2.75, 3.05) is 7.11 Å². The molecule has 5 nitrogen and oxygen atoms in total. The molecule has 0 saturated heterocycles. The monoisotopic (exact) mass is 165 g/mol. The molecule has 2 rings (SSSR count). The average molecular weight is 165 g/mol. The first kappa shape index (κ1) is 6.90. The number of aromatic nitrogens is 3. The molecule has 0 aromatic carbocycles. The molecule has 0 amide bonds. The number of nitrogens with one attached hydrogen (secondary N) is 2. The third kappa shape index (κ3) is 0.868. The zero-order valence-electron chi connectivity index (χ0n) is 6.42. The predicted octanol–water partition coefficient (Wildman–Crippen LogP) is 0.260. The maximum Gasteiger partial charge on any atom is 0.211 e. The van der Waals surface area contributed by atoms with Crippen LogP contribution < -0.4 is 10.2 Å². The minimum atomic E-state index is -0.127. The van der Waals surface area contributed by atoms with E-state index in [1.54, 1.807) is 6.20 Å². The minimum Gasteiger partial charge on any atom is -0.482 e. The summed E-state index contributed by atoms with van der Waals surface area (Å²) in [6.45, 7) is 0. The summed E-state index contributed by atoms with van der Waals surface area (Å²) >= 11 is 0. The fourth-order valence-corrected chi connectivity index (χ4v) is 1.04. The van der Waals surface area contributed by atoms with E-state index < -0.39 is 0 Å². The molecule has 0 aliphatic carbocycles. The molecule has 0 aliphatic heterocycles. The summed E-state index contributed by atoms with van der Waals surface area (Å²) in [6, 6.07) is 1.38. The van der Waals surface area contributed by atoms with Crippen LogP contribution in [0, 0.1) is 0 Å². The fraction of sp³-hybridized carbons (Fsp3) is 0.143. The van der Waals surface area contributed by atoms with Crippen LogP contribution in [-0.2, 0) is 0 Å². The lowest BCUT2D eigenvalue weighted by Crippen LogP contribution is -2.02. The lowest BCUT2D eigenvalue weighted by atomic mass is 10.4. The Morgan fingerprint density at radius 3 is 3.17 bits per heavy atom. The standard InChI is InChI=1S/C7H7N3O2/c1-12-6-2-5(11)7-4(9-6)3-8-10-7/h2-3H,1H3,(H,8,10)(H,9,11). The SMILES string of the molecule is COc1cc(=O)c2[nH]ncc2[nH]1. The molecule has 2 aromatic heterocycles. The quantitative estimate of drug-likeness (QED) is 0.636. The normalized spacial score (nSPS) is 10.4. The molecule has 12 heavy (non-hydrogen) atoms. The molecule has 0 saturated carbocycles. The van der Waals surface area contributed by atoms with Gasteiger partial charge in [0.2, 0.25) is 5.43 Å². The first-order valence-corrected chi connectivity index (χ1v) is 3.41. The van der Waals surface area contributed by atoms with Crippen molar-refractivity contribution in [2.24, 2.45) is 0 Å². The van der Waals surface area contributed by atoms with Gasteiger partial charge in [0.05, 0.1) is 18.8 Å². The van der Waals surface area contributed by atoms with E-state index in [1.165, 1.54) is 13.2 Å². The molecule has 0 spiro atoms. The van der Waals surface area contributed by atoms with Crippen LogP contribution in [-0.4, -0.2) is 22.3 Å². The van der Waals surface area contributed by atoms with Gasteiger partial charge in [0.15, 0.2) is 5.88 Å². The third-order valence-electron chi connectivity index (χ3n) is 1.63. The highest BCUT2D eigenvalue weighted by molar-refractivity contribution is 5.73. The minimum absolute atomic E-state index is 0.127. The van der Waals surface area contributed by atoms with Crippen LogP contribution >= 0.6 is 0 Å². The molecule has 0 aliphatic rings. The number of nitrogens with zero attached hydrogens (tertiary/aromatic N) is 1. The van der Waals surface area contributed by atoms with Gasteiger partial charge in [-0.25, -0.2) is 0 Å². The van der Waals surface area contributed by atoms with Crippen LogP contribution in [0.3, 0.4) is 0 Å². The van der Waals surface area contributed by atoms with Crippen molar-refractivity contribution in [1.29, 1.82) is 0 Å². The number of rotatable bonds is 1. The summed E-state index contributed by atoms with van der Waals surface area (Å²) in [7, 11) is 1.50. The molecule has 0 unspecified atom stereocenters. The number of methoxy groups -OCH3 is 1. The summed E-state index contributed by atoms with van der Waals surface area (Å²) < 4.78 is 4.88. The molecule has 0 fully saturated rings. The van der Waals surface area contributed by atoms with Gasteiger partial charge < -0.3 is 9.72 Å². The average Bonchev–Trinajstić information content (AvgIpc) is 2.52. The highest BCUT2D eigenvalue weighted by Crippen LogP contribution is 2.07. The predicted molar refractivity (Wildman–Crippen MR) is 43.3 cm³/mol. The Hall–Kier alpha value is -1.78. The maximum atomic E-state index is 11.2. The number of H-pyrrole nitrogens is 2. The Balaban J connectivity index is 2.84. The van der Waals surface area contributed by atoms with Crippen LogP contribution in [0.4, 0.5) is 0 Å². The van der Waals surface area contributed by atoms with Crippen LogP contribution in [0.15, 0.2) is 17.1 Å². The number of pyridine rings is 1. The Kier molecular flexibility index (Phi) is 1.36. The van der Waals surface area contributed by atoms with Gasteiger partial charge in [-0.15, -0.1) is 0 Å². The van der Waals surface area contributed by atoms with E-state index in [0.29, 0.717) is 16.9 Å². The lowest BCUT2D eigenvalue weighted by molar-refractivity contribution is 0.399. The van der Waals surface area contributed by atoms with Gasteiger partial charge in [0, 0.05) is 6.07 Å². The second-order valence-corrected chi connectivity index (χ2v) is 2.36. The first-order chi connectivity index (χ1) is 5.81. The Labute approximate surface area is 67.4 Å². The summed E-state index contributed by atoms with van der Waals surface area (Å²) in [5.74, 6) is 0.439. The van der Waals surface area contributed by atoms with E-state index in [-0.39, 0.29) is 5.43 Å². The van der Waals surface area contributed by atoms with Crippen molar-refractivity contribution in [1.82, 2.24) is 15.2 Å². The Morgan fingerprint density at radius 2 is 2.42 bits per heavy atom. The van der Waals surface area contributed by atoms with E-state index in [0.717, 1.165) is 0 Å². The third-order valence-corrected chi connectivity index (χ3v) is 1.63. The van der Waals surface area contributed by atoms with E-state index in [4.69, 9.17) is 4.74 Å². The highest BCUT2D eigenvalue weighted by Gasteiger charge is 2.02. The fourth-order valence-electron chi connectivity index (χ4n) is 1.04.